The highest BCUT2D eigenvalue weighted by Crippen LogP contribution is 2.15. The van der Waals surface area contributed by atoms with Crippen LogP contribution in [0.15, 0.2) is 35.3 Å². The molecular formula is C18H32IN3O2S. The number of hydrogen-bond donors (Lipinski definition) is 3. The number of aliphatic hydroxyl groups excluding tert-OH is 1. The number of nitrogens with zero attached hydrogens (tertiary/aromatic N) is 1. The number of aliphatic imine (C=N–C) groups is 1. The van der Waals surface area contributed by atoms with E-state index in [1.54, 1.807) is 0 Å². The highest BCUT2D eigenvalue weighted by molar-refractivity contribution is 14.0. The van der Waals surface area contributed by atoms with Gasteiger partial charge in [0.05, 0.1) is 6.10 Å². The molecule has 0 spiro atoms. The third kappa shape index (κ3) is 10.2. The predicted octanol–water partition coefficient (Wildman–Crippen LogP) is 2.83. The van der Waals surface area contributed by atoms with E-state index in [1.807, 2.05) is 58.0 Å². The summed E-state index contributed by atoms with van der Waals surface area (Å²) in [5.74, 6) is 1.28. The molecule has 1 rings (SSSR count). The van der Waals surface area contributed by atoms with Crippen LogP contribution in [0.3, 0.4) is 0 Å². The zero-order chi connectivity index (χ0) is 18.0. The lowest BCUT2D eigenvalue weighted by molar-refractivity contribution is 0.170. The van der Waals surface area contributed by atoms with Gasteiger partial charge in [0.1, 0.15) is 0 Å². The molecular weight excluding hydrogens is 449 g/mol. The minimum Gasteiger partial charge on any atom is -0.388 e. The molecule has 0 aliphatic rings. The van der Waals surface area contributed by atoms with Crippen LogP contribution in [0.2, 0.25) is 0 Å². The minimum atomic E-state index is -0.881. The maximum absolute atomic E-state index is 12.0. The van der Waals surface area contributed by atoms with E-state index in [1.165, 1.54) is 0 Å². The molecule has 2 atom stereocenters. The maximum atomic E-state index is 12.0. The van der Waals surface area contributed by atoms with Crippen molar-refractivity contribution in [3.63, 3.8) is 0 Å². The quantitative estimate of drug-likeness (QED) is 0.303. The van der Waals surface area contributed by atoms with Crippen molar-refractivity contribution in [2.24, 2.45) is 4.99 Å². The monoisotopic (exact) mass is 481 g/mol. The van der Waals surface area contributed by atoms with Gasteiger partial charge >= 0.3 is 0 Å². The van der Waals surface area contributed by atoms with E-state index in [0.717, 1.165) is 12.1 Å². The van der Waals surface area contributed by atoms with Gasteiger partial charge in [0.15, 0.2) is 5.96 Å². The van der Waals surface area contributed by atoms with Crippen LogP contribution in [-0.2, 0) is 10.8 Å². The summed E-state index contributed by atoms with van der Waals surface area (Å²) in [5.41, 5.74) is 0.909. The first-order valence-corrected chi connectivity index (χ1v) is 9.80. The van der Waals surface area contributed by atoms with Crippen LogP contribution in [0.5, 0.6) is 0 Å². The van der Waals surface area contributed by atoms with Crippen LogP contribution in [0.25, 0.3) is 0 Å². The van der Waals surface area contributed by atoms with Crippen molar-refractivity contribution in [1.82, 2.24) is 10.6 Å². The van der Waals surface area contributed by atoms with Crippen molar-refractivity contribution >= 4 is 40.7 Å². The van der Waals surface area contributed by atoms with E-state index in [2.05, 4.69) is 15.6 Å². The van der Waals surface area contributed by atoms with Crippen molar-refractivity contribution in [3.8, 4) is 0 Å². The number of rotatable bonds is 8. The summed E-state index contributed by atoms with van der Waals surface area (Å²) < 4.78 is 11.8. The molecule has 7 heteroatoms. The first kappa shape index (κ1) is 24.3. The highest BCUT2D eigenvalue weighted by atomic mass is 127. The normalized spacial score (nSPS) is 14.4. The van der Waals surface area contributed by atoms with Gasteiger partial charge in [-0.3, -0.25) is 9.20 Å². The van der Waals surface area contributed by atoms with Crippen LogP contribution in [-0.4, -0.2) is 45.4 Å². The number of benzene rings is 1. The minimum absolute atomic E-state index is 0. The second-order valence-corrected chi connectivity index (χ2v) is 8.89. The molecule has 0 heterocycles. The average Bonchev–Trinajstić information content (AvgIpc) is 2.54. The van der Waals surface area contributed by atoms with Gasteiger partial charge in [0.2, 0.25) is 0 Å². The number of nitrogens with one attached hydrogen (secondary N) is 2. The maximum Gasteiger partial charge on any atom is 0.191 e. The number of guanidine groups is 1. The summed E-state index contributed by atoms with van der Waals surface area (Å²) in [6.45, 7) is 9.83. The van der Waals surface area contributed by atoms with E-state index in [9.17, 15) is 9.32 Å². The Balaban J connectivity index is 0.00000576. The van der Waals surface area contributed by atoms with Crippen molar-refractivity contribution < 1.29 is 9.32 Å². The molecule has 0 bridgehead atoms. The Bertz CT molecular complexity index is 533. The molecule has 25 heavy (non-hydrogen) atoms. The van der Waals surface area contributed by atoms with E-state index in [-0.39, 0.29) is 28.7 Å². The molecule has 0 aromatic heterocycles. The standard InChI is InChI=1S/C18H31N3O2S.HI/c1-5-19-17(21-13-14-24(23)18(2,3)4)20-12-11-16(22)15-9-7-6-8-10-15;/h6-10,16,22H,5,11-14H2,1-4H3,(H2,19,20,21);1H. The van der Waals surface area contributed by atoms with Crippen LogP contribution in [0.1, 0.15) is 45.8 Å². The lowest BCUT2D eigenvalue weighted by atomic mass is 10.1. The lowest BCUT2D eigenvalue weighted by Crippen LogP contribution is -2.40. The summed E-state index contributed by atoms with van der Waals surface area (Å²) in [6, 6.07) is 9.61. The fourth-order valence-corrected chi connectivity index (χ4v) is 2.95. The highest BCUT2D eigenvalue weighted by Gasteiger charge is 2.18. The molecule has 144 valence electrons. The molecule has 1 aromatic rings. The van der Waals surface area contributed by atoms with Gasteiger partial charge in [0, 0.05) is 40.9 Å². The Labute approximate surface area is 171 Å². The summed E-state index contributed by atoms with van der Waals surface area (Å²) in [4.78, 5) is 4.47. The molecule has 0 saturated heterocycles. The zero-order valence-corrected chi connectivity index (χ0v) is 18.8. The molecule has 0 fully saturated rings. The number of hydrogen-bond acceptors (Lipinski definition) is 3. The number of halogens is 1. The van der Waals surface area contributed by atoms with Crippen LogP contribution in [0, 0.1) is 0 Å². The topological polar surface area (TPSA) is 73.7 Å². The molecule has 0 saturated carbocycles. The van der Waals surface area contributed by atoms with Gasteiger partial charge < -0.3 is 15.7 Å². The van der Waals surface area contributed by atoms with E-state index >= 15 is 0 Å². The smallest absolute Gasteiger partial charge is 0.191 e. The SMILES string of the molecule is CCNC(=NCCC(O)c1ccccc1)NCCS(=O)C(C)(C)C.I. The molecule has 5 nitrogen and oxygen atoms in total. The molecule has 1 aromatic carbocycles. The second kappa shape index (κ2) is 12.6. The first-order valence-electron chi connectivity index (χ1n) is 8.48. The van der Waals surface area contributed by atoms with Gasteiger partial charge in [-0.05, 0) is 39.7 Å². The van der Waals surface area contributed by atoms with Crippen molar-refractivity contribution in [1.29, 1.82) is 0 Å². The van der Waals surface area contributed by atoms with E-state index < -0.39 is 16.9 Å². The fourth-order valence-electron chi connectivity index (χ4n) is 2.05. The van der Waals surface area contributed by atoms with Gasteiger partial charge in [-0.25, -0.2) is 0 Å². The van der Waals surface area contributed by atoms with Crippen LogP contribution in [0.4, 0.5) is 0 Å². The molecule has 3 N–H and O–H groups in total. The van der Waals surface area contributed by atoms with Crippen molar-refractivity contribution in [2.75, 3.05) is 25.4 Å². The Morgan fingerprint density at radius 1 is 1.24 bits per heavy atom. The Morgan fingerprint density at radius 3 is 2.44 bits per heavy atom. The molecule has 0 amide bonds. The van der Waals surface area contributed by atoms with Gasteiger partial charge in [-0.2, -0.15) is 0 Å². The Hall–Kier alpha value is -0.670. The summed E-state index contributed by atoms with van der Waals surface area (Å²) in [5, 5.41) is 16.5. The summed E-state index contributed by atoms with van der Waals surface area (Å²) >= 11 is 0. The third-order valence-corrected chi connectivity index (χ3v) is 5.40. The van der Waals surface area contributed by atoms with Gasteiger partial charge in [-0.1, -0.05) is 30.3 Å². The molecule has 0 aliphatic carbocycles. The fraction of sp³-hybridized carbons (Fsp3) is 0.611. The Morgan fingerprint density at radius 2 is 1.88 bits per heavy atom. The second-order valence-electron chi connectivity index (χ2n) is 6.56. The van der Waals surface area contributed by atoms with E-state index in [4.69, 9.17) is 0 Å². The Kier molecular flexibility index (Phi) is 12.3. The zero-order valence-electron chi connectivity index (χ0n) is 15.6. The third-order valence-electron chi connectivity index (χ3n) is 3.46. The van der Waals surface area contributed by atoms with E-state index in [0.29, 0.717) is 31.2 Å². The summed E-state index contributed by atoms with van der Waals surface area (Å²) in [6.07, 6.45) is 0.0559. The molecule has 2 unspecified atom stereocenters. The van der Waals surface area contributed by atoms with Gasteiger partial charge in [-0.15, -0.1) is 24.0 Å². The van der Waals surface area contributed by atoms with Crippen molar-refractivity contribution in [3.05, 3.63) is 35.9 Å². The summed E-state index contributed by atoms with van der Waals surface area (Å²) in [7, 11) is -0.881. The lowest BCUT2D eigenvalue weighted by Gasteiger charge is -2.18. The number of aliphatic hydroxyl groups is 1. The average molecular weight is 481 g/mol. The largest absolute Gasteiger partial charge is 0.388 e. The van der Waals surface area contributed by atoms with Gasteiger partial charge in [0.25, 0.3) is 0 Å². The van der Waals surface area contributed by atoms with Crippen LogP contribution >= 0.6 is 24.0 Å². The predicted molar refractivity (Wildman–Crippen MR) is 118 cm³/mol. The molecule has 0 radical (unpaired) electrons. The van der Waals surface area contributed by atoms with Crippen LogP contribution < -0.4 is 10.6 Å². The first-order chi connectivity index (χ1) is 11.3. The molecule has 0 aliphatic heterocycles. The van der Waals surface area contributed by atoms with Crippen molar-refractivity contribution in [2.45, 2.75) is 45.0 Å².